The summed E-state index contributed by atoms with van der Waals surface area (Å²) in [6.07, 6.45) is 0. The highest BCUT2D eigenvalue weighted by molar-refractivity contribution is 7.89. The number of halogens is 2. The lowest BCUT2D eigenvalue weighted by atomic mass is 10.2. The highest BCUT2D eigenvalue weighted by Gasteiger charge is 2.14. The van der Waals surface area contributed by atoms with Gasteiger partial charge >= 0.3 is 6.61 Å². The maximum absolute atomic E-state index is 11.8. The maximum atomic E-state index is 11.8. The van der Waals surface area contributed by atoms with Gasteiger partial charge in [0.1, 0.15) is 5.75 Å². The first kappa shape index (κ1) is 11.9. The average molecular weight is 237 g/mol. The van der Waals surface area contributed by atoms with Gasteiger partial charge < -0.3 is 4.74 Å². The van der Waals surface area contributed by atoms with E-state index < -0.39 is 16.6 Å². The van der Waals surface area contributed by atoms with Gasteiger partial charge in [-0.2, -0.15) is 8.78 Å². The summed E-state index contributed by atoms with van der Waals surface area (Å²) in [6, 6.07) is 3.56. The van der Waals surface area contributed by atoms with E-state index in [1.165, 1.54) is 19.1 Å². The fraction of sp³-hybridized carbons (Fsp3) is 0.250. The van der Waals surface area contributed by atoms with Crippen LogP contribution in [0.2, 0.25) is 0 Å². The number of benzene rings is 1. The Morgan fingerprint density at radius 1 is 1.40 bits per heavy atom. The molecule has 0 heterocycles. The van der Waals surface area contributed by atoms with Crippen LogP contribution in [0.15, 0.2) is 23.1 Å². The zero-order valence-electron chi connectivity index (χ0n) is 7.78. The molecule has 1 aromatic carbocycles. The number of nitrogens with two attached hydrogens (primary N) is 1. The van der Waals surface area contributed by atoms with Crippen LogP contribution in [-0.2, 0) is 10.0 Å². The Balaban J connectivity index is 3.18. The zero-order chi connectivity index (χ0) is 11.6. The minimum atomic E-state index is -3.92. The summed E-state index contributed by atoms with van der Waals surface area (Å²) in [5.41, 5.74) is 0.374. The van der Waals surface area contributed by atoms with Crippen LogP contribution in [0.25, 0.3) is 0 Å². The van der Waals surface area contributed by atoms with Crippen LogP contribution >= 0.6 is 0 Å². The summed E-state index contributed by atoms with van der Waals surface area (Å²) in [5, 5.41) is 4.89. The zero-order valence-corrected chi connectivity index (χ0v) is 8.59. The Labute approximate surface area is 85.7 Å². The molecular weight excluding hydrogens is 228 g/mol. The molecule has 0 saturated heterocycles. The van der Waals surface area contributed by atoms with Gasteiger partial charge in [-0.05, 0) is 18.6 Å². The molecule has 0 unspecified atom stereocenters. The molecule has 0 atom stereocenters. The number of aryl methyl sites for hydroxylation is 1. The number of hydrogen-bond donors (Lipinski definition) is 1. The van der Waals surface area contributed by atoms with Crippen molar-refractivity contribution in [2.45, 2.75) is 18.4 Å². The van der Waals surface area contributed by atoms with Gasteiger partial charge in [-0.15, -0.1) is 0 Å². The first-order chi connectivity index (χ1) is 6.80. The van der Waals surface area contributed by atoms with Crippen molar-refractivity contribution in [3.8, 4) is 5.75 Å². The van der Waals surface area contributed by atoms with Crippen molar-refractivity contribution in [3.05, 3.63) is 23.8 Å². The molecule has 0 aliphatic rings. The topological polar surface area (TPSA) is 69.4 Å². The van der Waals surface area contributed by atoms with E-state index in [1.54, 1.807) is 0 Å². The minimum Gasteiger partial charge on any atom is -0.435 e. The van der Waals surface area contributed by atoms with E-state index in [0.29, 0.717) is 5.56 Å². The van der Waals surface area contributed by atoms with Gasteiger partial charge in [0.15, 0.2) is 0 Å². The van der Waals surface area contributed by atoms with Crippen LogP contribution in [-0.4, -0.2) is 15.0 Å². The van der Waals surface area contributed by atoms with E-state index in [0.717, 1.165) is 6.07 Å². The molecule has 1 rings (SSSR count). The normalized spacial score (nSPS) is 11.8. The van der Waals surface area contributed by atoms with Crippen molar-refractivity contribution >= 4 is 10.0 Å². The minimum absolute atomic E-state index is 0.222. The van der Waals surface area contributed by atoms with Gasteiger partial charge in [0.25, 0.3) is 0 Å². The third-order valence-electron chi connectivity index (χ3n) is 1.69. The van der Waals surface area contributed by atoms with Crippen molar-refractivity contribution in [2.24, 2.45) is 5.14 Å². The summed E-state index contributed by atoms with van der Waals surface area (Å²) >= 11 is 0. The fourth-order valence-corrected chi connectivity index (χ4v) is 1.86. The van der Waals surface area contributed by atoms with E-state index in [4.69, 9.17) is 5.14 Å². The van der Waals surface area contributed by atoms with Gasteiger partial charge in [-0.3, -0.25) is 0 Å². The smallest absolute Gasteiger partial charge is 0.387 e. The quantitative estimate of drug-likeness (QED) is 0.859. The Kier molecular flexibility index (Phi) is 3.25. The molecule has 0 aliphatic heterocycles. The Bertz CT molecular complexity index is 459. The molecule has 0 spiro atoms. The molecule has 4 nitrogen and oxygen atoms in total. The van der Waals surface area contributed by atoms with Crippen molar-refractivity contribution < 1.29 is 21.9 Å². The molecule has 0 saturated carbocycles. The molecule has 0 radical (unpaired) electrons. The number of hydrogen-bond acceptors (Lipinski definition) is 3. The fourth-order valence-electron chi connectivity index (χ4n) is 1.06. The Morgan fingerprint density at radius 3 is 2.47 bits per heavy atom. The number of alkyl halides is 2. The molecule has 2 N–H and O–H groups in total. The Morgan fingerprint density at radius 2 is 2.00 bits per heavy atom. The van der Waals surface area contributed by atoms with E-state index in [1.807, 2.05) is 0 Å². The highest BCUT2D eigenvalue weighted by atomic mass is 32.2. The van der Waals surface area contributed by atoms with Crippen LogP contribution in [0, 0.1) is 6.92 Å². The summed E-state index contributed by atoms with van der Waals surface area (Å²) in [6.45, 7) is -1.49. The summed E-state index contributed by atoms with van der Waals surface area (Å²) < 4.78 is 49.8. The predicted octanol–water partition coefficient (Wildman–Crippen LogP) is 1.24. The van der Waals surface area contributed by atoms with E-state index in [-0.39, 0.29) is 10.6 Å². The SMILES string of the molecule is Cc1ccc(OC(F)F)cc1S(N)(=O)=O. The van der Waals surface area contributed by atoms with Crippen LogP contribution in [0.1, 0.15) is 5.56 Å². The average Bonchev–Trinajstić information content (AvgIpc) is 2.05. The van der Waals surface area contributed by atoms with Gasteiger partial charge in [0, 0.05) is 6.07 Å². The van der Waals surface area contributed by atoms with E-state index in [9.17, 15) is 17.2 Å². The third kappa shape index (κ3) is 3.14. The Hall–Kier alpha value is -1.21. The molecule has 0 amide bonds. The predicted molar refractivity (Wildman–Crippen MR) is 49.2 cm³/mol. The van der Waals surface area contributed by atoms with E-state index >= 15 is 0 Å². The molecule has 0 bridgehead atoms. The van der Waals surface area contributed by atoms with Gasteiger partial charge in [0.2, 0.25) is 10.0 Å². The number of ether oxygens (including phenoxy) is 1. The van der Waals surface area contributed by atoms with Gasteiger partial charge in [-0.1, -0.05) is 6.07 Å². The first-order valence-corrected chi connectivity index (χ1v) is 5.43. The standard InChI is InChI=1S/C8H9F2NO3S/c1-5-2-3-6(14-8(9)10)4-7(5)15(11,12)13/h2-4,8H,1H3,(H2,11,12,13). The molecule has 0 aromatic heterocycles. The molecule has 15 heavy (non-hydrogen) atoms. The van der Waals surface area contributed by atoms with E-state index in [2.05, 4.69) is 4.74 Å². The monoisotopic (exact) mass is 237 g/mol. The summed E-state index contributed by atoms with van der Waals surface area (Å²) in [4.78, 5) is -0.222. The molecule has 84 valence electrons. The van der Waals surface area contributed by atoms with Gasteiger partial charge in [0.05, 0.1) is 4.90 Å². The lowest BCUT2D eigenvalue weighted by Crippen LogP contribution is -2.14. The van der Waals surface area contributed by atoms with Gasteiger partial charge in [-0.25, -0.2) is 13.6 Å². The van der Waals surface area contributed by atoms with Crippen molar-refractivity contribution in [2.75, 3.05) is 0 Å². The lowest BCUT2D eigenvalue weighted by molar-refractivity contribution is -0.0500. The third-order valence-corrected chi connectivity index (χ3v) is 2.74. The molecule has 0 aliphatic carbocycles. The molecule has 1 aromatic rings. The summed E-state index contributed by atoms with van der Waals surface area (Å²) in [5.74, 6) is -0.236. The molecule has 0 fully saturated rings. The number of rotatable bonds is 3. The van der Waals surface area contributed by atoms with Crippen LogP contribution < -0.4 is 9.88 Å². The van der Waals surface area contributed by atoms with Crippen LogP contribution in [0.3, 0.4) is 0 Å². The molecular formula is C8H9F2NO3S. The highest BCUT2D eigenvalue weighted by Crippen LogP contribution is 2.21. The van der Waals surface area contributed by atoms with Crippen LogP contribution in [0.5, 0.6) is 5.75 Å². The summed E-state index contributed by atoms with van der Waals surface area (Å²) in [7, 11) is -3.92. The second-order valence-electron chi connectivity index (χ2n) is 2.85. The first-order valence-electron chi connectivity index (χ1n) is 3.89. The van der Waals surface area contributed by atoms with Crippen LogP contribution in [0.4, 0.5) is 8.78 Å². The number of primary sulfonamides is 1. The molecule has 7 heteroatoms. The second kappa shape index (κ2) is 4.11. The largest absolute Gasteiger partial charge is 0.435 e. The second-order valence-corrected chi connectivity index (χ2v) is 4.38. The maximum Gasteiger partial charge on any atom is 0.387 e. The van der Waals surface area contributed by atoms with Crippen molar-refractivity contribution in [1.82, 2.24) is 0 Å². The lowest BCUT2D eigenvalue weighted by Gasteiger charge is -2.07. The van der Waals surface area contributed by atoms with Crippen molar-refractivity contribution in [1.29, 1.82) is 0 Å². The van der Waals surface area contributed by atoms with Crippen molar-refractivity contribution in [3.63, 3.8) is 0 Å². The number of sulfonamides is 1.